The zero-order valence-corrected chi connectivity index (χ0v) is 18.6. The zero-order chi connectivity index (χ0) is 23.6. The van der Waals surface area contributed by atoms with Gasteiger partial charge in [0.15, 0.2) is 0 Å². The lowest BCUT2D eigenvalue weighted by molar-refractivity contribution is -0.240. The van der Waals surface area contributed by atoms with Gasteiger partial charge in [0.2, 0.25) is 11.8 Å². The third-order valence-corrected chi connectivity index (χ3v) is 5.87. The Labute approximate surface area is 189 Å². The molecule has 1 atom stereocenters. The first-order valence-corrected chi connectivity index (χ1v) is 10.6. The van der Waals surface area contributed by atoms with E-state index in [-0.39, 0.29) is 43.6 Å². The minimum atomic E-state index is -4.50. The van der Waals surface area contributed by atoms with Crippen LogP contribution in [0.3, 0.4) is 0 Å². The smallest absolute Gasteiger partial charge is 0.410 e. The third kappa shape index (κ3) is 4.30. The number of hydrogen-bond acceptors (Lipinski definition) is 7. The van der Waals surface area contributed by atoms with Gasteiger partial charge in [-0.25, -0.2) is 0 Å². The second-order valence-electron chi connectivity index (χ2n) is 7.73. The van der Waals surface area contributed by atoms with Crippen LogP contribution >= 0.6 is 0 Å². The molecule has 3 heterocycles. The van der Waals surface area contributed by atoms with Crippen LogP contribution in [0.5, 0.6) is 11.6 Å². The largest absolute Gasteiger partial charge is 0.495 e. The molecule has 0 saturated carbocycles. The van der Waals surface area contributed by atoms with E-state index in [1.54, 1.807) is 12.3 Å². The summed E-state index contributed by atoms with van der Waals surface area (Å²) in [6.07, 6.45) is -2.77. The highest BCUT2D eigenvalue weighted by atomic mass is 19.4. The molecule has 0 unspecified atom stereocenters. The lowest BCUT2D eigenvalue weighted by Crippen LogP contribution is -2.57. The second-order valence-corrected chi connectivity index (χ2v) is 7.73. The van der Waals surface area contributed by atoms with Crippen LogP contribution in [-0.2, 0) is 10.3 Å². The van der Waals surface area contributed by atoms with Crippen LogP contribution in [0, 0.1) is 0 Å². The summed E-state index contributed by atoms with van der Waals surface area (Å²) < 4.78 is 59.2. The lowest BCUT2D eigenvalue weighted by atomic mass is 9.88. The molecule has 0 spiro atoms. The van der Waals surface area contributed by atoms with Gasteiger partial charge < -0.3 is 24.5 Å². The van der Waals surface area contributed by atoms with Gasteiger partial charge in [0.05, 0.1) is 38.0 Å². The first kappa shape index (κ1) is 23.1. The van der Waals surface area contributed by atoms with Gasteiger partial charge in [0.1, 0.15) is 16.9 Å². The molecule has 8 nitrogen and oxygen atoms in total. The number of ether oxygens (including phenoxy) is 3. The highest BCUT2D eigenvalue weighted by Crippen LogP contribution is 2.46. The van der Waals surface area contributed by atoms with E-state index >= 15 is 0 Å². The summed E-state index contributed by atoms with van der Waals surface area (Å²) in [5.41, 5.74) is -1.11. The Morgan fingerprint density at radius 2 is 1.94 bits per heavy atom. The molecule has 11 heteroatoms. The number of fused-ring (bicyclic) bond motifs is 1. The van der Waals surface area contributed by atoms with Gasteiger partial charge in [-0.2, -0.15) is 23.1 Å². The van der Waals surface area contributed by atoms with Crippen molar-refractivity contribution in [2.45, 2.75) is 25.6 Å². The maximum absolute atomic E-state index is 14.3. The molecular weight excluding hydrogens is 439 g/mol. The van der Waals surface area contributed by atoms with Crippen molar-refractivity contribution in [1.82, 2.24) is 19.9 Å². The van der Waals surface area contributed by atoms with Crippen LogP contribution in [0.2, 0.25) is 0 Å². The molecule has 0 radical (unpaired) electrons. The number of alkyl halides is 3. The Kier molecular flexibility index (Phi) is 6.35. The molecule has 178 valence electrons. The van der Waals surface area contributed by atoms with E-state index in [1.807, 2.05) is 13.0 Å². The first-order chi connectivity index (χ1) is 15.8. The fraction of sp³-hybridized carbons (Fsp3) is 0.455. The number of H-pyrrole nitrogens is 1. The molecule has 1 fully saturated rings. The van der Waals surface area contributed by atoms with Crippen molar-refractivity contribution < 1.29 is 27.4 Å². The summed E-state index contributed by atoms with van der Waals surface area (Å²) in [7, 11) is 1.41. The van der Waals surface area contributed by atoms with Crippen molar-refractivity contribution >= 4 is 22.7 Å². The van der Waals surface area contributed by atoms with Crippen molar-refractivity contribution in [3.8, 4) is 11.6 Å². The Morgan fingerprint density at radius 1 is 1.18 bits per heavy atom. The number of methoxy groups -OCH3 is 1. The Hall–Kier alpha value is -3.05. The molecule has 1 saturated heterocycles. The molecular formula is C22H26F3N5O3. The average Bonchev–Trinajstić information content (AvgIpc) is 3.28. The SMILES string of the molecule is CCOc1nc(Nc2ccc([C@](C)(N3CCOCC3)C(F)(F)F)cc2OC)nc2[nH]ccc12. The summed E-state index contributed by atoms with van der Waals surface area (Å²) in [5, 5.41) is 3.77. The topological polar surface area (TPSA) is 84.5 Å². The fourth-order valence-corrected chi connectivity index (χ4v) is 3.97. The van der Waals surface area contributed by atoms with Gasteiger partial charge in [-0.3, -0.25) is 4.90 Å². The van der Waals surface area contributed by atoms with Gasteiger partial charge in [-0.1, -0.05) is 6.07 Å². The predicted octanol–water partition coefficient (Wildman–Crippen LogP) is 4.22. The number of halogens is 3. The standard InChI is InChI=1S/C22H26F3N5O3/c1-4-33-19-15-7-8-26-18(15)28-20(29-19)27-16-6-5-14(13-17(16)31-3)21(2,22(23,24)25)30-9-11-32-12-10-30/h5-8,13H,4,9-12H2,1-3H3,(H2,26,27,28,29)/t21-/m0/s1. The molecule has 0 amide bonds. The molecule has 1 aromatic carbocycles. The number of benzene rings is 1. The summed E-state index contributed by atoms with van der Waals surface area (Å²) in [6, 6.07) is 6.21. The van der Waals surface area contributed by atoms with E-state index in [1.165, 1.54) is 31.1 Å². The summed E-state index contributed by atoms with van der Waals surface area (Å²) in [4.78, 5) is 13.2. The molecule has 0 bridgehead atoms. The van der Waals surface area contributed by atoms with E-state index in [0.717, 1.165) is 5.39 Å². The average molecular weight is 465 g/mol. The fourth-order valence-electron chi connectivity index (χ4n) is 3.97. The lowest BCUT2D eigenvalue weighted by Gasteiger charge is -2.44. The van der Waals surface area contributed by atoms with Crippen molar-refractivity contribution in [2.24, 2.45) is 0 Å². The van der Waals surface area contributed by atoms with Crippen LogP contribution in [0.4, 0.5) is 24.8 Å². The number of nitrogens with one attached hydrogen (secondary N) is 2. The highest BCUT2D eigenvalue weighted by molar-refractivity contribution is 5.82. The quantitative estimate of drug-likeness (QED) is 0.541. The van der Waals surface area contributed by atoms with E-state index in [4.69, 9.17) is 14.2 Å². The molecule has 1 aliphatic heterocycles. The number of anilines is 2. The Bertz CT molecular complexity index is 1110. The molecule has 4 rings (SSSR count). The van der Waals surface area contributed by atoms with E-state index in [9.17, 15) is 13.2 Å². The molecule has 33 heavy (non-hydrogen) atoms. The summed E-state index contributed by atoms with van der Waals surface area (Å²) >= 11 is 0. The molecule has 2 aromatic heterocycles. The van der Waals surface area contributed by atoms with E-state index in [2.05, 4.69) is 20.3 Å². The number of aromatic amines is 1. The number of hydrogen-bond donors (Lipinski definition) is 2. The monoisotopic (exact) mass is 465 g/mol. The number of nitrogens with zero attached hydrogens (tertiary/aromatic N) is 3. The van der Waals surface area contributed by atoms with Crippen LogP contribution in [0.15, 0.2) is 30.5 Å². The second kappa shape index (κ2) is 9.06. The Morgan fingerprint density at radius 3 is 2.61 bits per heavy atom. The van der Waals surface area contributed by atoms with Crippen LogP contribution in [0.1, 0.15) is 19.4 Å². The van der Waals surface area contributed by atoms with Crippen molar-refractivity contribution in [3.63, 3.8) is 0 Å². The van der Waals surface area contributed by atoms with Gasteiger partial charge in [0, 0.05) is 19.3 Å². The third-order valence-electron chi connectivity index (χ3n) is 5.87. The first-order valence-electron chi connectivity index (χ1n) is 10.6. The van der Waals surface area contributed by atoms with Gasteiger partial charge in [-0.05, 0) is 37.6 Å². The van der Waals surface area contributed by atoms with Crippen molar-refractivity contribution in [3.05, 3.63) is 36.0 Å². The highest BCUT2D eigenvalue weighted by Gasteiger charge is 2.56. The van der Waals surface area contributed by atoms with E-state index < -0.39 is 11.7 Å². The number of morpholine rings is 1. The van der Waals surface area contributed by atoms with Crippen molar-refractivity contribution in [1.29, 1.82) is 0 Å². The minimum Gasteiger partial charge on any atom is -0.495 e. The predicted molar refractivity (Wildman–Crippen MR) is 117 cm³/mol. The maximum atomic E-state index is 14.3. The van der Waals surface area contributed by atoms with Crippen molar-refractivity contribution in [2.75, 3.05) is 45.3 Å². The molecule has 2 N–H and O–H groups in total. The van der Waals surface area contributed by atoms with Crippen LogP contribution in [0.25, 0.3) is 11.0 Å². The van der Waals surface area contributed by atoms with Crippen LogP contribution in [-0.4, -0.2) is 66.0 Å². The zero-order valence-electron chi connectivity index (χ0n) is 18.6. The number of rotatable bonds is 7. The van der Waals surface area contributed by atoms with E-state index in [0.29, 0.717) is 23.8 Å². The maximum Gasteiger partial charge on any atom is 0.410 e. The van der Waals surface area contributed by atoms with Gasteiger partial charge >= 0.3 is 6.18 Å². The molecule has 1 aliphatic rings. The molecule has 0 aliphatic carbocycles. The molecule has 3 aromatic rings. The minimum absolute atomic E-state index is 0.0787. The summed E-state index contributed by atoms with van der Waals surface area (Å²) in [5.74, 6) is 0.870. The summed E-state index contributed by atoms with van der Waals surface area (Å²) in [6.45, 7) is 4.34. The van der Waals surface area contributed by atoms with Gasteiger partial charge in [-0.15, -0.1) is 0 Å². The Balaban J connectivity index is 1.70. The van der Waals surface area contributed by atoms with Crippen LogP contribution < -0.4 is 14.8 Å². The normalized spacial score (nSPS) is 17.0. The van der Waals surface area contributed by atoms with Gasteiger partial charge in [0.25, 0.3) is 0 Å². The number of aromatic nitrogens is 3.